The molecule has 6 heteroatoms. The van der Waals surface area contributed by atoms with Gasteiger partial charge in [0.05, 0.1) is 11.1 Å². The van der Waals surface area contributed by atoms with Gasteiger partial charge in [0, 0.05) is 0 Å². The second-order valence-electron chi connectivity index (χ2n) is 4.11. The monoisotopic (exact) mass is 290 g/mol. The first kappa shape index (κ1) is 14.2. The van der Waals surface area contributed by atoms with Crippen LogP contribution in [0.15, 0.2) is 64.6 Å². The van der Waals surface area contributed by atoms with Gasteiger partial charge in [0.2, 0.25) is 0 Å². The standard InChI is InChI=1S/C14H14N2O3S/c1-12-7-9-14(10-8-12)20(17,18)19-16-15-11-13-5-3-2-4-6-13/h2-11,16H,1H3/b15-11+. The van der Waals surface area contributed by atoms with Crippen LogP contribution in [0.4, 0.5) is 0 Å². The zero-order valence-corrected chi connectivity index (χ0v) is 11.7. The van der Waals surface area contributed by atoms with Gasteiger partial charge in [-0.05, 0) is 24.6 Å². The average Bonchev–Trinajstić information content (AvgIpc) is 2.45. The van der Waals surface area contributed by atoms with Crippen LogP contribution in [0.25, 0.3) is 0 Å². The summed E-state index contributed by atoms with van der Waals surface area (Å²) >= 11 is 0. The summed E-state index contributed by atoms with van der Waals surface area (Å²) in [5.41, 5.74) is 3.87. The van der Waals surface area contributed by atoms with Crippen LogP contribution in [0, 0.1) is 6.92 Å². The first-order chi connectivity index (χ1) is 9.58. The molecule has 104 valence electrons. The van der Waals surface area contributed by atoms with E-state index in [9.17, 15) is 8.42 Å². The molecule has 0 aromatic heterocycles. The minimum atomic E-state index is -3.86. The Morgan fingerprint density at radius 1 is 1.05 bits per heavy atom. The van der Waals surface area contributed by atoms with Crippen molar-refractivity contribution in [2.45, 2.75) is 11.8 Å². The molecule has 0 saturated heterocycles. The molecule has 0 atom stereocenters. The average molecular weight is 290 g/mol. The van der Waals surface area contributed by atoms with Crippen molar-refractivity contribution in [2.75, 3.05) is 0 Å². The van der Waals surface area contributed by atoms with Gasteiger partial charge in [0.25, 0.3) is 0 Å². The van der Waals surface area contributed by atoms with E-state index in [1.807, 2.05) is 37.3 Å². The molecule has 20 heavy (non-hydrogen) atoms. The smallest absolute Gasteiger partial charge is 0.192 e. The van der Waals surface area contributed by atoms with Crippen molar-refractivity contribution in [3.63, 3.8) is 0 Å². The molecule has 0 aliphatic heterocycles. The zero-order valence-electron chi connectivity index (χ0n) is 10.9. The SMILES string of the molecule is Cc1ccc(S(=O)(=O)ON/N=C/c2ccccc2)cc1. The summed E-state index contributed by atoms with van der Waals surface area (Å²) < 4.78 is 28.2. The van der Waals surface area contributed by atoms with E-state index in [-0.39, 0.29) is 4.90 Å². The lowest BCUT2D eigenvalue weighted by atomic mass is 10.2. The highest BCUT2D eigenvalue weighted by atomic mass is 32.2. The Morgan fingerprint density at radius 3 is 2.35 bits per heavy atom. The number of hydrogen-bond acceptors (Lipinski definition) is 5. The van der Waals surface area contributed by atoms with Crippen molar-refractivity contribution in [1.82, 2.24) is 5.59 Å². The molecule has 0 spiro atoms. The Morgan fingerprint density at radius 2 is 1.70 bits per heavy atom. The Balaban J connectivity index is 1.96. The molecular weight excluding hydrogens is 276 g/mol. The van der Waals surface area contributed by atoms with Crippen LogP contribution in [0.5, 0.6) is 0 Å². The summed E-state index contributed by atoms with van der Waals surface area (Å²) in [6.07, 6.45) is 1.46. The molecule has 0 saturated carbocycles. The van der Waals surface area contributed by atoms with Gasteiger partial charge in [-0.2, -0.15) is 19.1 Å². The third-order valence-electron chi connectivity index (χ3n) is 2.52. The minimum absolute atomic E-state index is 0.0745. The van der Waals surface area contributed by atoms with Gasteiger partial charge >= 0.3 is 10.1 Å². The third kappa shape index (κ3) is 3.91. The van der Waals surface area contributed by atoms with Crippen LogP contribution in [0.1, 0.15) is 11.1 Å². The lowest BCUT2D eigenvalue weighted by Gasteiger charge is -2.03. The van der Waals surface area contributed by atoms with Gasteiger partial charge in [-0.3, -0.25) is 0 Å². The maximum atomic E-state index is 11.8. The highest BCUT2D eigenvalue weighted by Crippen LogP contribution is 2.11. The zero-order chi connectivity index (χ0) is 14.4. The van der Waals surface area contributed by atoms with E-state index in [0.717, 1.165) is 11.1 Å². The van der Waals surface area contributed by atoms with Crippen molar-refractivity contribution in [2.24, 2.45) is 5.10 Å². The number of aryl methyl sites for hydroxylation is 1. The second-order valence-corrected chi connectivity index (χ2v) is 5.66. The van der Waals surface area contributed by atoms with Gasteiger partial charge in [-0.15, -0.1) is 4.28 Å². The normalized spacial score (nSPS) is 11.7. The van der Waals surface area contributed by atoms with Crippen LogP contribution >= 0.6 is 0 Å². The Hall–Kier alpha value is -2.18. The van der Waals surface area contributed by atoms with Crippen molar-refractivity contribution in [3.8, 4) is 0 Å². The third-order valence-corrected chi connectivity index (χ3v) is 3.67. The fourth-order valence-corrected chi connectivity index (χ4v) is 2.17. The van der Waals surface area contributed by atoms with E-state index in [1.54, 1.807) is 12.1 Å². The quantitative estimate of drug-likeness (QED) is 0.677. The van der Waals surface area contributed by atoms with Gasteiger partial charge in [-0.1, -0.05) is 48.0 Å². The Labute approximate surface area is 118 Å². The van der Waals surface area contributed by atoms with E-state index in [2.05, 4.69) is 15.0 Å². The minimum Gasteiger partial charge on any atom is -0.192 e. The molecule has 0 aliphatic rings. The molecule has 2 aromatic rings. The lowest BCUT2D eigenvalue weighted by molar-refractivity contribution is 0.210. The maximum Gasteiger partial charge on any atom is 0.318 e. The summed E-state index contributed by atoms with van der Waals surface area (Å²) in [4.78, 5) is 0.0745. The summed E-state index contributed by atoms with van der Waals surface area (Å²) in [6, 6.07) is 15.6. The number of hydrazone groups is 1. The van der Waals surface area contributed by atoms with E-state index in [0.29, 0.717) is 0 Å². The summed E-state index contributed by atoms with van der Waals surface area (Å²) in [7, 11) is -3.86. The molecule has 0 amide bonds. The van der Waals surface area contributed by atoms with Gasteiger partial charge in [0.15, 0.2) is 0 Å². The molecule has 0 unspecified atom stereocenters. The highest BCUT2D eigenvalue weighted by Gasteiger charge is 2.14. The van der Waals surface area contributed by atoms with E-state index >= 15 is 0 Å². The molecular formula is C14H14N2O3S. The predicted octanol–water partition coefficient (Wildman–Crippen LogP) is 2.24. The van der Waals surface area contributed by atoms with Crippen molar-refractivity contribution in [1.29, 1.82) is 0 Å². The molecule has 1 N–H and O–H groups in total. The van der Waals surface area contributed by atoms with Crippen molar-refractivity contribution < 1.29 is 12.7 Å². The summed E-state index contributed by atoms with van der Waals surface area (Å²) in [5.74, 6) is 0. The van der Waals surface area contributed by atoms with Crippen LogP contribution in [-0.2, 0) is 14.4 Å². The van der Waals surface area contributed by atoms with Crippen molar-refractivity contribution >= 4 is 16.3 Å². The number of nitrogens with one attached hydrogen (secondary N) is 1. The van der Waals surface area contributed by atoms with Gasteiger partial charge in [-0.25, -0.2) is 0 Å². The summed E-state index contributed by atoms with van der Waals surface area (Å²) in [5, 5.41) is 3.69. The second kappa shape index (κ2) is 6.31. The fourth-order valence-electron chi connectivity index (χ4n) is 1.46. The molecule has 0 heterocycles. The number of hydrogen-bond donors (Lipinski definition) is 1. The molecule has 0 bridgehead atoms. The lowest BCUT2D eigenvalue weighted by Crippen LogP contribution is -2.15. The molecule has 2 aromatic carbocycles. The molecule has 0 radical (unpaired) electrons. The maximum absolute atomic E-state index is 11.8. The number of nitrogens with zero attached hydrogens (tertiary/aromatic N) is 1. The van der Waals surface area contributed by atoms with E-state index in [1.165, 1.54) is 18.3 Å². The van der Waals surface area contributed by atoms with Gasteiger partial charge in [0.1, 0.15) is 0 Å². The largest absolute Gasteiger partial charge is 0.318 e. The highest BCUT2D eigenvalue weighted by molar-refractivity contribution is 7.86. The summed E-state index contributed by atoms with van der Waals surface area (Å²) in [6.45, 7) is 1.87. The predicted molar refractivity (Wildman–Crippen MR) is 76.6 cm³/mol. The van der Waals surface area contributed by atoms with Crippen molar-refractivity contribution in [3.05, 3.63) is 65.7 Å². The molecule has 0 aliphatic carbocycles. The van der Waals surface area contributed by atoms with Crippen LogP contribution in [-0.4, -0.2) is 14.6 Å². The molecule has 2 rings (SSSR count). The molecule has 0 fully saturated rings. The number of rotatable bonds is 5. The fraction of sp³-hybridized carbons (Fsp3) is 0.0714. The molecule has 5 nitrogen and oxygen atoms in total. The number of benzene rings is 2. The van der Waals surface area contributed by atoms with Crippen LogP contribution in [0.3, 0.4) is 0 Å². The van der Waals surface area contributed by atoms with Gasteiger partial charge < -0.3 is 0 Å². The Bertz CT molecular complexity index is 680. The Kier molecular flexibility index (Phi) is 4.49. The topological polar surface area (TPSA) is 67.8 Å². The van der Waals surface area contributed by atoms with E-state index < -0.39 is 10.1 Å². The first-order valence-corrected chi connectivity index (χ1v) is 7.32. The van der Waals surface area contributed by atoms with E-state index in [4.69, 9.17) is 0 Å². The van der Waals surface area contributed by atoms with Crippen LogP contribution < -0.4 is 5.59 Å². The first-order valence-electron chi connectivity index (χ1n) is 5.91. The van der Waals surface area contributed by atoms with Crippen LogP contribution in [0.2, 0.25) is 0 Å².